The van der Waals surface area contributed by atoms with Gasteiger partial charge in [-0.25, -0.2) is 0 Å². The quantitative estimate of drug-likeness (QED) is 0.624. The Labute approximate surface area is 102 Å². The van der Waals surface area contributed by atoms with Crippen molar-refractivity contribution in [2.24, 2.45) is 0 Å². The first-order valence-electron chi connectivity index (χ1n) is 6.08. The number of piperazine rings is 1. The molecule has 6 heteroatoms. The molecule has 1 unspecified atom stereocenters. The van der Waals surface area contributed by atoms with Gasteiger partial charge >= 0.3 is 0 Å². The topological polar surface area (TPSA) is 45.2 Å². The monoisotopic (exact) mass is 243 g/mol. The molecule has 0 aromatic carbocycles. The van der Waals surface area contributed by atoms with Gasteiger partial charge in [-0.15, -0.1) is 0 Å². The van der Waals surface area contributed by atoms with Gasteiger partial charge in [-0.2, -0.15) is 5.06 Å². The van der Waals surface area contributed by atoms with Crippen LogP contribution in [0.25, 0.3) is 0 Å². The van der Waals surface area contributed by atoms with Crippen molar-refractivity contribution in [2.75, 3.05) is 60.0 Å². The highest BCUT2D eigenvalue weighted by molar-refractivity contribution is 5.81. The Bertz CT molecular complexity index is 267. The number of hydrogen-bond acceptors (Lipinski definition) is 5. The fourth-order valence-corrected chi connectivity index (χ4v) is 2.22. The number of ether oxygens (including phenoxy) is 1. The first kappa shape index (κ1) is 12.8. The Hall–Kier alpha value is -0.690. The summed E-state index contributed by atoms with van der Waals surface area (Å²) in [7, 11) is 3.68. The van der Waals surface area contributed by atoms with E-state index in [4.69, 9.17) is 9.57 Å². The lowest BCUT2D eigenvalue weighted by molar-refractivity contribution is -0.170. The van der Waals surface area contributed by atoms with Gasteiger partial charge in [-0.05, 0) is 7.05 Å². The molecule has 2 aliphatic heterocycles. The van der Waals surface area contributed by atoms with Gasteiger partial charge in [0.2, 0.25) is 0 Å². The van der Waals surface area contributed by atoms with Crippen LogP contribution in [-0.4, -0.2) is 86.9 Å². The molecule has 0 aromatic rings. The summed E-state index contributed by atoms with van der Waals surface area (Å²) in [5.74, 6) is 0.118. The second kappa shape index (κ2) is 5.77. The van der Waals surface area contributed by atoms with E-state index in [9.17, 15) is 4.79 Å². The van der Waals surface area contributed by atoms with Crippen molar-refractivity contribution < 1.29 is 14.4 Å². The fourth-order valence-electron chi connectivity index (χ4n) is 2.22. The van der Waals surface area contributed by atoms with E-state index in [1.165, 1.54) is 0 Å². The summed E-state index contributed by atoms with van der Waals surface area (Å²) in [5.41, 5.74) is 0. The molecule has 1 amide bonds. The molecule has 0 bridgehead atoms. The second-order valence-electron chi connectivity index (χ2n) is 4.56. The lowest BCUT2D eigenvalue weighted by Gasteiger charge is -2.37. The van der Waals surface area contributed by atoms with Crippen molar-refractivity contribution in [3.05, 3.63) is 0 Å². The summed E-state index contributed by atoms with van der Waals surface area (Å²) in [5, 5.41) is 1.87. The van der Waals surface area contributed by atoms with Crippen LogP contribution in [-0.2, 0) is 14.4 Å². The molecule has 98 valence electrons. The molecular weight excluding hydrogens is 222 g/mol. The third kappa shape index (κ3) is 3.16. The Morgan fingerprint density at radius 3 is 2.53 bits per heavy atom. The molecule has 17 heavy (non-hydrogen) atoms. The highest BCUT2D eigenvalue weighted by Crippen LogP contribution is 2.09. The highest BCUT2D eigenvalue weighted by Gasteiger charge is 2.30. The smallest absolute Gasteiger partial charge is 0.253 e. The average molecular weight is 243 g/mol. The van der Waals surface area contributed by atoms with E-state index in [0.717, 1.165) is 32.7 Å². The number of rotatable bonds is 2. The van der Waals surface area contributed by atoms with Gasteiger partial charge in [-0.3, -0.25) is 4.79 Å². The van der Waals surface area contributed by atoms with Gasteiger partial charge in [0, 0.05) is 39.3 Å². The van der Waals surface area contributed by atoms with Crippen LogP contribution in [0.3, 0.4) is 0 Å². The third-order valence-corrected chi connectivity index (χ3v) is 3.35. The molecule has 2 heterocycles. The summed E-state index contributed by atoms with van der Waals surface area (Å²) in [6.07, 6.45) is -0.289. The van der Waals surface area contributed by atoms with Gasteiger partial charge < -0.3 is 19.4 Å². The first-order chi connectivity index (χ1) is 8.20. The Balaban J connectivity index is 1.83. The number of nitrogens with zero attached hydrogens (tertiary/aromatic N) is 3. The molecule has 2 fully saturated rings. The highest BCUT2D eigenvalue weighted by atomic mass is 16.7. The number of morpholine rings is 1. The Kier molecular flexibility index (Phi) is 4.33. The summed E-state index contributed by atoms with van der Waals surface area (Å²) < 4.78 is 5.54. The maximum atomic E-state index is 12.2. The number of carbonyl (C=O) groups excluding carboxylic acids is 1. The second-order valence-corrected chi connectivity index (χ2v) is 4.56. The summed E-state index contributed by atoms with van der Waals surface area (Å²) >= 11 is 0. The van der Waals surface area contributed by atoms with Crippen LogP contribution < -0.4 is 0 Å². The molecule has 6 nitrogen and oxygen atoms in total. The van der Waals surface area contributed by atoms with Crippen LogP contribution in [0, 0.1) is 0 Å². The summed E-state index contributed by atoms with van der Waals surface area (Å²) in [6, 6.07) is 0. The van der Waals surface area contributed by atoms with Crippen molar-refractivity contribution in [2.45, 2.75) is 6.10 Å². The van der Waals surface area contributed by atoms with Crippen molar-refractivity contribution >= 4 is 5.91 Å². The van der Waals surface area contributed by atoms with Crippen LogP contribution in [0.2, 0.25) is 0 Å². The van der Waals surface area contributed by atoms with Crippen LogP contribution in [0.15, 0.2) is 0 Å². The number of likely N-dealkylation sites (N-methyl/N-ethyl adjacent to an activating group) is 1. The van der Waals surface area contributed by atoms with Crippen LogP contribution in [0.5, 0.6) is 0 Å². The Morgan fingerprint density at radius 1 is 1.24 bits per heavy atom. The van der Waals surface area contributed by atoms with E-state index in [-0.39, 0.29) is 12.0 Å². The Morgan fingerprint density at radius 2 is 1.94 bits per heavy atom. The SMILES string of the molecule is CON1CCN(C(=O)C2CN(C)CCO2)CC1. The van der Waals surface area contributed by atoms with E-state index >= 15 is 0 Å². The number of amides is 1. The van der Waals surface area contributed by atoms with E-state index in [1.807, 2.05) is 17.0 Å². The molecule has 0 saturated carbocycles. The molecule has 0 N–H and O–H groups in total. The molecule has 0 aromatic heterocycles. The van der Waals surface area contributed by atoms with Crippen LogP contribution >= 0.6 is 0 Å². The molecule has 0 spiro atoms. The van der Waals surface area contributed by atoms with Gasteiger partial charge in [0.05, 0.1) is 13.7 Å². The standard InChI is InChI=1S/C11H21N3O3/c1-12-7-8-17-10(9-12)11(15)13-3-5-14(16-2)6-4-13/h10H,3-9H2,1-2H3. The predicted octanol–water partition coefficient (Wildman–Crippen LogP) is -0.977. The van der Waals surface area contributed by atoms with E-state index in [2.05, 4.69) is 4.90 Å². The number of hydroxylamine groups is 2. The molecule has 2 aliphatic rings. The normalized spacial score (nSPS) is 28.4. The van der Waals surface area contributed by atoms with E-state index in [0.29, 0.717) is 13.2 Å². The largest absolute Gasteiger partial charge is 0.366 e. The molecule has 2 saturated heterocycles. The minimum absolute atomic E-state index is 0.118. The average Bonchev–Trinajstić information content (AvgIpc) is 2.38. The first-order valence-corrected chi connectivity index (χ1v) is 6.08. The number of hydrogen-bond donors (Lipinski definition) is 0. The zero-order chi connectivity index (χ0) is 12.3. The zero-order valence-electron chi connectivity index (χ0n) is 10.6. The minimum atomic E-state index is -0.289. The van der Waals surface area contributed by atoms with Gasteiger partial charge in [0.1, 0.15) is 6.10 Å². The van der Waals surface area contributed by atoms with Crippen molar-refractivity contribution in [3.8, 4) is 0 Å². The van der Waals surface area contributed by atoms with Gasteiger partial charge in [0.25, 0.3) is 5.91 Å². The summed E-state index contributed by atoms with van der Waals surface area (Å²) in [6.45, 7) is 5.22. The lowest BCUT2D eigenvalue weighted by atomic mass is 10.2. The lowest BCUT2D eigenvalue weighted by Crippen LogP contribution is -2.55. The fraction of sp³-hybridized carbons (Fsp3) is 0.909. The number of carbonyl (C=O) groups is 1. The van der Waals surface area contributed by atoms with Gasteiger partial charge in [0.15, 0.2) is 0 Å². The van der Waals surface area contributed by atoms with Crippen molar-refractivity contribution in [3.63, 3.8) is 0 Å². The minimum Gasteiger partial charge on any atom is -0.366 e. The summed E-state index contributed by atoms with van der Waals surface area (Å²) in [4.78, 5) is 21.4. The van der Waals surface area contributed by atoms with E-state index < -0.39 is 0 Å². The molecular formula is C11H21N3O3. The van der Waals surface area contributed by atoms with Crippen molar-refractivity contribution in [1.29, 1.82) is 0 Å². The molecule has 0 aliphatic carbocycles. The van der Waals surface area contributed by atoms with Crippen LogP contribution in [0.4, 0.5) is 0 Å². The van der Waals surface area contributed by atoms with Gasteiger partial charge in [-0.1, -0.05) is 0 Å². The van der Waals surface area contributed by atoms with Crippen LogP contribution in [0.1, 0.15) is 0 Å². The predicted molar refractivity (Wildman–Crippen MR) is 62.4 cm³/mol. The van der Waals surface area contributed by atoms with E-state index in [1.54, 1.807) is 7.11 Å². The molecule has 1 atom stereocenters. The molecule has 0 radical (unpaired) electrons. The van der Waals surface area contributed by atoms with Crippen molar-refractivity contribution in [1.82, 2.24) is 14.9 Å². The maximum absolute atomic E-state index is 12.2. The zero-order valence-corrected chi connectivity index (χ0v) is 10.6. The third-order valence-electron chi connectivity index (χ3n) is 3.35. The maximum Gasteiger partial charge on any atom is 0.253 e. The molecule has 2 rings (SSSR count).